The van der Waals surface area contributed by atoms with E-state index < -0.39 is 6.09 Å². The molecular formula is C9H11N3O3. The van der Waals surface area contributed by atoms with E-state index in [1.54, 1.807) is 6.07 Å². The topological polar surface area (TPSA) is 86.3 Å². The fraction of sp³-hybridized carbons (Fsp3) is 0.444. The van der Waals surface area contributed by atoms with Gasteiger partial charge in [0.15, 0.2) is 0 Å². The van der Waals surface area contributed by atoms with E-state index in [-0.39, 0.29) is 11.6 Å². The summed E-state index contributed by atoms with van der Waals surface area (Å²) < 4.78 is 0. The molecule has 1 amide bonds. The highest BCUT2D eigenvalue weighted by atomic mass is 16.4. The van der Waals surface area contributed by atoms with Crippen molar-refractivity contribution in [2.75, 3.05) is 13.1 Å². The average molecular weight is 209 g/mol. The van der Waals surface area contributed by atoms with E-state index in [4.69, 9.17) is 5.11 Å². The lowest BCUT2D eigenvalue weighted by Gasteiger charge is -2.11. The van der Waals surface area contributed by atoms with Crippen LogP contribution in [0.3, 0.4) is 0 Å². The van der Waals surface area contributed by atoms with Crippen LogP contribution in [-0.2, 0) is 0 Å². The minimum absolute atomic E-state index is 0.0448. The molecule has 0 saturated carbocycles. The van der Waals surface area contributed by atoms with E-state index in [1.165, 1.54) is 11.1 Å². The first-order valence-corrected chi connectivity index (χ1v) is 4.70. The van der Waals surface area contributed by atoms with Crippen LogP contribution >= 0.6 is 0 Å². The van der Waals surface area contributed by atoms with Gasteiger partial charge >= 0.3 is 11.8 Å². The first-order chi connectivity index (χ1) is 7.16. The van der Waals surface area contributed by atoms with Gasteiger partial charge in [-0.3, -0.25) is 0 Å². The quantitative estimate of drug-likeness (QED) is 0.693. The lowest BCUT2D eigenvalue weighted by atomic mass is 10.1. The number of nitrogens with zero attached hydrogens (tertiary/aromatic N) is 2. The van der Waals surface area contributed by atoms with Crippen molar-refractivity contribution in [3.63, 3.8) is 0 Å². The molecule has 1 aliphatic heterocycles. The number of hydrogen-bond donors (Lipinski definition) is 2. The Labute approximate surface area is 85.6 Å². The molecule has 1 fully saturated rings. The molecule has 1 aromatic heterocycles. The Morgan fingerprint density at radius 3 is 3.07 bits per heavy atom. The summed E-state index contributed by atoms with van der Waals surface area (Å²) in [6, 6.07) is 1.72. The van der Waals surface area contributed by atoms with Gasteiger partial charge in [-0.25, -0.2) is 9.59 Å². The zero-order valence-electron chi connectivity index (χ0n) is 8.01. The van der Waals surface area contributed by atoms with Crippen molar-refractivity contribution in [3.05, 3.63) is 28.4 Å². The van der Waals surface area contributed by atoms with Crippen molar-refractivity contribution in [2.24, 2.45) is 0 Å². The van der Waals surface area contributed by atoms with Crippen molar-refractivity contribution in [2.45, 2.75) is 12.3 Å². The minimum atomic E-state index is -0.914. The maximum absolute atomic E-state index is 11.0. The van der Waals surface area contributed by atoms with Crippen molar-refractivity contribution in [1.29, 1.82) is 0 Å². The van der Waals surface area contributed by atoms with Crippen LogP contribution < -0.4 is 5.69 Å². The Balaban J connectivity index is 2.14. The number of amides is 1. The first kappa shape index (κ1) is 9.70. The highest BCUT2D eigenvalue weighted by Gasteiger charge is 2.27. The van der Waals surface area contributed by atoms with Crippen molar-refractivity contribution in [3.8, 4) is 0 Å². The first-order valence-electron chi connectivity index (χ1n) is 4.70. The van der Waals surface area contributed by atoms with E-state index in [1.807, 2.05) is 0 Å². The number of aromatic amines is 1. The van der Waals surface area contributed by atoms with Crippen LogP contribution in [0.2, 0.25) is 0 Å². The second-order valence-corrected chi connectivity index (χ2v) is 3.53. The summed E-state index contributed by atoms with van der Waals surface area (Å²) in [6.07, 6.45) is 1.35. The largest absolute Gasteiger partial charge is 0.465 e. The van der Waals surface area contributed by atoms with Crippen LogP contribution in [0.25, 0.3) is 0 Å². The molecule has 0 spiro atoms. The van der Waals surface area contributed by atoms with Crippen LogP contribution in [0.5, 0.6) is 0 Å². The molecule has 1 unspecified atom stereocenters. The van der Waals surface area contributed by atoms with Crippen molar-refractivity contribution in [1.82, 2.24) is 14.9 Å². The van der Waals surface area contributed by atoms with E-state index in [2.05, 4.69) is 9.97 Å². The van der Waals surface area contributed by atoms with Crippen LogP contribution in [0.15, 0.2) is 17.1 Å². The number of aromatic nitrogens is 2. The third kappa shape index (κ3) is 1.98. The maximum Gasteiger partial charge on any atom is 0.407 e. The number of carboxylic acid groups (broad SMARTS) is 1. The molecule has 0 aromatic carbocycles. The zero-order chi connectivity index (χ0) is 10.8. The molecule has 1 atom stereocenters. The van der Waals surface area contributed by atoms with Gasteiger partial charge in [0.2, 0.25) is 0 Å². The highest BCUT2D eigenvalue weighted by Crippen LogP contribution is 2.24. The normalized spacial score (nSPS) is 20.5. The Bertz CT molecular complexity index is 429. The van der Waals surface area contributed by atoms with Gasteiger partial charge in [0, 0.05) is 25.2 Å². The van der Waals surface area contributed by atoms with Crippen LogP contribution in [0.4, 0.5) is 4.79 Å². The third-order valence-corrected chi connectivity index (χ3v) is 2.57. The molecule has 1 aliphatic rings. The van der Waals surface area contributed by atoms with Crippen LogP contribution in [0, 0.1) is 0 Å². The molecule has 2 rings (SSSR count). The molecular weight excluding hydrogens is 198 g/mol. The zero-order valence-corrected chi connectivity index (χ0v) is 8.01. The monoisotopic (exact) mass is 209 g/mol. The predicted molar refractivity (Wildman–Crippen MR) is 51.8 cm³/mol. The maximum atomic E-state index is 11.0. The summed E-state index contributed by atoms with van der Waals surface area (Å²) in [5.74, 6) is 0.0448. The Hall–Kier alpha value is -1.85. The van der Waals surface area contributed by atoms with E-state index in [9.17, 15) is 9.59 Å². The van der Waals surface area contributed by atoms with Gasteiger partial charge in [-0.2, -0.15) is 4.98 Å². The molecule has 2 N–H and O–H groups in total. The summed E-state index contributed by atoms with van der Waals surface area (Å²) in [5, 5.41) is 8.77. The van der Waals surface area contributed by atoms with Crippen LogP contribution in [-0.4, -0.2) is 39.2 Å². The Morgan fingerprint density at radius 1 is 1.67 bits per heavy atom. The van der Waals surface area contributed by atoms with Gasteiger partial charge < -0.3 is 15.0 Å². The minimum Gasteiger partial charge on any atom is -0.465 e. The smallest absolute Gasteiger partial charge is 0.407 e. The second-order valence-electron chi connectivity index (χ2n) is 3.53. The summed E-state index contributed by atoms with van der Waals surface area (Å²) in [4.78, 5) is 29.2. The Morgan fingerprint density at radius 2 is 2.47 bits per heavy atom. The second kappa shape index (κ2) is 3.72. The number of rotatable bonds is 1. The molecule has 0 bridgehead atoms. The number of H-pyrrole nitrogens is 1. The molecule has 80 valence electrons. The Kier molecular flexibility index (Phi) is 2.40. The number of carbonyl (C=O) groups is 1. The molecule has 15 heavy (non-hydrogen) atoms. The van der Waals surface area contributed by atoms with Gasteiger partial charge in [0.05, 0.1) is 5.69 Å². The third-order valence-electron chi connectivity index (χ3n) is 2.57. The van der Waals surface area contributed by atoms with E-state index in [0.29, 0.717) is 18.8 Å². The SMILES string of the molecule is O=C(O)N1CCC(c2cc[nH]c(=O)n2)C1. The van der Waals surface area contributed by atoms with Crippen molar-refractivity contribution >= 4 is 6.09 Å². The summed E-state index contributed by atoms with van der Waals surface area (Å²) in [7, 11) is 0. The van der Waals surface area contributed by atoms with Gasteiger partial charge in [-0.05, 0) is 12.5 Å². The summed E-state index contributed by atoms with van der Waals surface area (Å²) in [6.45, 7) is 0.931. The molecule has 1 saturated heterocycles. The standard InChI is InChI=1S/C9H11N3O3/c13-8-10-3-1-7(11-8)6-2-4-12(5-6)9(14)15/h1,3,6H,2,4-5H2,(H,14,15)(H,10,11,13). The van der Waals surface area contributed by atoms with Gasteiger partial charge in [0.1, 0.15) is 0 Å². The van der Waals surface area contributed by atoms with Gasteiger partial charge in [-0.15, -0.1) is 0 Å². The molecule has 2 heterocycles. The average Bonchev–Trinajstić information content (AvgIpc) is 2.66. The number of likely N-dealkylation sites (tertiary alicyclic amines) is 1. The number of nitrogens with one attached hydrogen (secondary N) is 1. The molecule has 0 aliphatic carbocycles. The summed E-state index contributed by atoms with van der Waals surface area (Å²) in [5.41, 5.74) is 0.281. The fourth-order valence-corrected chi connectivity index (χ4v) is 1.79. The molecule has 6 heteroatoms. The predicted octanol–water partition coefficient (Wildman–Crippen LogP) is 0.237. The fourth-order valence-electron chi connectivity index (χ4n) is 1.79. The molecule has 1 aromatic rings. The van der Waals surface area contributed by atoms with E-state index >= 15 is 0 Å². The lowest BCUT2D eigenvalue weighted by Crippen LogP contribution is -2.26. The van der Waals surface area contributed by atoms with E-state index in [0.717, 1.165) is 6.42 Å². The molecule has 6 nitrogen and oxygen atoms in total. The summed E-state index contributed by atoms with van der Waals surface area (Å²) >= 11 is 0. The van der Waals surface area contributed by atoms with Crippen LogP contribution in [0.1, 0.15) is 18.0 Å². The van der Waals surface area contributed by atoms with Gasteiger partial charge in [-0.1, -0.05) is 0 Å². The highest BCUT2D eigenvalue weighted by molar-refractivity contribution is 5.65. The molecule has 0 radical (unpaired) electrons. The lowest BCUT2D eigenvalue weighted by molar-refractivity contribution is 0.155. The van der Waals surface area contributed by atoms with Crippen molar-refractivity contribution < 1.29 is 9.90 Å². The van der Waals surface area contributed by atoms with Gasteiger partial charge in [0.25, 0.3) is 0 Å². The number of hydrogen-bond acceptors (Lipinski definition) is 3.